The normalized spacial score (nSPS) is 15.1. The average molecular weight is 216 g/mol. The Morgan fingerprint density at radius 2 is 2.14 bits per heavy atom. The zero-order valence-electron chi connectivity index (χ0n) is 9.79. The first-order valence-corrected chi connectivity index (χ1v) is 7.47. The molecule has 2 unspecified atom stereocenters. The summed E-state index contributed by atoms with van der Waals surface area (Å²) in [6.07, 6.45) is 3.85. The minimum absolute atomic E-state index is 0.407. The van der Waals surface area contributed by atoms with Crippen molar-refractivity contribution in [1.82, 2.24) is 0 Å². The molecule has 14 heavy (non-hydrogen) atoms. The second kappa shape index (κ2) is 9.43. The van der Waals surface area contributed by atoms with Crippen LogP contribution in [-0.4, -0.2) is 28.9 Å². The fourth-order valence-electron chi connectivity index (χ4n) is 1.18. The first-order valence-electron chi connectivity index (χ1n) is 5.51. The summed E-state index contributed by atoms with van der Waals surface area (Å²) < 4.78 is 10.9. The second-order valence-corrected chi connectivity index (χ2v) is 6.19. The van der Waals surface area contributed by atoms with Crippen LogP contribution in [0.2, 0.25) is 6.04 Å². The molecule has 0 bridgehead atoms. The van der Waals surface area contributed by atoms with Crippen LogP contribution in [0, 0.1) is 0 Å². The fraction of sp³-hybridized carbons (Fsp3) is 0.818. The number of hydrogen-bond donors (Lipinski definition) is 0. The van der Waals surface area contributed by atoms with Crippen LogP contribution in [0.3, 0.4) is 0 Å². The Kier molecular flexibility index (Phi) is 9.35. The van der Waals surface area contributed by atoms with Gasteiger partial charge in [-0.25, -0.2) is 0 Å². The zero-order valence-corrected chi connectivity index (χ0v) is 10.9. The molecule has 0 saturated heterocycles. The topological polar surface area (TPSA) is 18.5 Å². The van der Waals surface area contributed by atoms with E-state index in [9.17, 15) is 0 Å². The van der Waals surface area contributed by atoms with Gasteiger partial charge in [0.1, 0.15) is 0 Å². The van der Waals surface area contributed by atoms with Gasteiger partial charge in [0.2, 0.25) is 0 Å². The van der Waals surface area contributed by atoms with E-state index in [1.807, 2.05) is 5.70 Å². The van der Waals surface area contributed by atoms with Crippen molar-refractivity contribution in [3.63, 3.8) is 0 Å². The van der Waals surface area contributed by atoms with Crippen molar-refractivity contribution in [3.8, 4) is 0 Å². The molecule has 0 aliphatic heterocycles. The Balaban J connectivity index is 3.24. The van der Waals surface area contributed by atoms with Gasteiger partial charge in [-0.1, -0.05) is 19.0 Å². The third-order valence-electron chi connectivity index (χ3n) is 2.43. The van der Waals surface area contributed by atoms with Gasteiger partial charge in [0.05, 0.1) is 6.10 Å². The van der Waals surface area contributed by atoms with Crippen molar-refractivity contribution in [3.05, 3.63) is 12.3 Å². The van der Waals surface area contributed by atoms with E-state index in [-0.39, 0.29) is 0 Å². The van der Waals surface area contributed by atoms with Gasteiger partial charge in [0.25, 0.3) is 0 Å². The van der Waals surface area contributed by atoms with Crippen molar-refractivity contribution in [2.24, 2.45) is 0 Å². The molecule has 0 spiro atoms. The Morgan fingerprint density at radius 3 is 2.64 bits per heavy atom. The summed E-state index contributed by atoms with van der Waals surface area (Å²) in [6.45, 7) is 8.93. The lowest BCUT2D eigenvalue weighted by atomic mass is 10.3. The van der Waals surface area contributed by atoms with Crippen LogP contribution in [0.1, 0.15) is 33.1 Å². The van der Waals surface area contributed by atoms with E-state index in [1.165, 1.54) is 12.5 Å². The molecule has 0 aromatic carbocycles. The van der Waals surface area contributed by atoms with Crippen molar-refractivity contribution in [2.75, 3.05) is 13.7 Å². The number of ether oxygens (including phenoxy) is 1. The minimum atomic E-state index is -1.06. The minimum Gasteiger partial charge on any atom is -0.419 e. The standard InChI is InChI=1S/C11H24O2Si/c1-5-11(3)13-9-7-8-10-14(6-2)12-4/h6,11,14H,2,5,7-10H2,1,3-4H3. The van der Waals surface area contributed by atoms with Crippen LogP contribution in [-0.2, 0) is 9.16 Å². The quantitative estimate of drug-likeness (QED) is 0.436. The molecule has 2 nitrogen and oxygen atoms in total. The number of hydrogen-bond acceptors (Lipinski definition) is 2. The summed E-state index contributed by atoms with van der Waals surface area (Å²) in [4.78, 5) is 0. The maximum Gasteiger partial charge on any atom is 0.200 e. The van der Waals surface area contributed by atoms with E-state index in [4.69, 9.17) is 9.16 Å². The third-order valence-corrected chi connectivity index (χ3v) is 4.53. The lowest BCUT2D eigenvalue weighted by molar-refractivity contribution is 0.0616. The second-order valence-electron chi connectivity index (χ2n) is 3.60. The maximum absolute atomic E-state index is 5.59. The van der Waals surface area contributed by atoms with Crippen molar-refractivity contribution in [2.45, 2.75) is 45.3 Å². The van der Waals surface area contributed by atoms with Gasteiger partial charge < -0.3 is 9.16 Å². The van der Waals surface area contributed by atoms with E-state index >= 15 is 0 Å². The molecule has 0 aliphatic carbocycles. The zero-order chi connectivity index (χ0) is 10.8. The lowest BCUT2D eigenvalue weighted by Crippen LogP contribution is -2.13. The Morgan fingerprint density at radius 1 is 1.43 bits per heavy atom. The van der Waals surface area contributed by atoms with Crippen LogP contribution in [0.15, 0.2) is 12.3 Å². The third kappa shape index (κ3) is 7.30. The summed E-state index contributed by atoms with van der Waals surface area (Å²) >= 11 is 0. The first kappa shape index (κ1) is 13.9. The van der Waals surface area contributed by atoms with Crippen molar-refractivity contribution in [1.29, 1.82) is 0 Å². The van der Waals surface area contributed by atoms with Crippen LogP contribution < -0.4 is 0 Å². The van der Waals surface area contributed by atoms with Gasteiger partial charge in [-0.15, -0.1) is 6.58 Å². The Labute approximate surface area is 90.0 Å². The highest BCUT2D eigenvalue weighted by Crippen LogP contribution is 2.05. The highest BCUT2D eigenvalue weighted by atomic mass is 28.3. The van der Waals surface area contributed by atoms with E-state index in [0.717, 1.165) is 19.4 Å². The van der Waals surface area contributed by atoms with E-state index in [2.05, 4.69) is 20.4 Å². The predicted octanol–water partition coefficient (Wildman–Crippen LogP) is 2.68. The summed E-state index contributed by atoms with van der Waals surface area (Å²) in [5.41, 5.74) is 2.00. The molecule has 84 valence electrons. The molecular formula is C11H24O2Si. The molecule has 0 N–H and O–H groups in total. The summed E-state index contributed by atoms with van der Waals surface area (Å²) in [5.74, 6) is 0. The molecule has 0 rings (SSSR count). The van der Waals surface area contributed by atoms with Crippen LogP contribution >= 0.6 is 0 Å². The summed E-state index contributed by atoms with van der Waals surface area (Å²) in [7, 11) is 0.728. The molecule has 0 amide bonds. The number of rotatable bonds is 9. The molecule has 0 saturated carbocycles. The van der Waals surface area contributed by atoms with Gasteiger partial charge in [-0.05, 0) is 25.8 Å². The SMILES string of the molecule is C=C[SiH](CCCCOC(C)CC)OC. The summed E-state index contributed by atoms with van der Waals surface area (Å²) in [6, 6.07) is 1.18. The van der Waals surface area contributed by atoms with Gasteiger partial charge in [-0.3, -0.25) is 0 Å². The van der Waals surface area contributed by atoms with Crippen LogP contribution in [0.5, 0.6) is 0 Å². The monoisotopic (exact) mass is 216 g/mol. The van der Waals surface area contributed by atoms with Gasteiger partial charge in [-0.2, -0.15) is 0 Å². The average Bonchev–Trinajstić information content (AvgIpc) is 2.23. The molecule has 0 radical (unpaired) electrons. The molecule has 0 aliphatic rings. The summed E-state index contributed by atoms with van der Waals surface area (Å²) in [5, 5.41) is 0. The molecular weight excluding hydrogens is 192 g/mol. The fourth-order valence-corrected chi connectivity index (χ4v) is 2.54. The highest BCUT2D eigenvalue weighted by Gasteiger charge is 2.04. The predicted molar refractivity (Wildman–Crippen MR) is 64.1 cm³/mol. The van der Waals surface area contributed by atoms with Gasteiger partial charge in [0.15, 0.2) is 9.04 Å². The maximum atomic E-state index is 5.59. The molecule has 2 atom stereocenters. The largest absolute Gasteiger partial charge is 0.419 e. The number of unbranched alkanes of at least 4 members (excludes halogenated alkanes) is 1. The smallest absolute Gasteiger partial charge is 0.200 e. The van der Waals surface area contributed by atoms with Crippen molar-refractivity contribution < 1.29 is 9.16 Å². The van der Waals surface area contributed by atoms with Crippen LogP contribution in [0.4, 0.5) is 0 Å². The Bertz CT molecular complexity index is 139. The van der Waals surface area contributed by atoms with E-state index in [0.29, 0.717) is 6.10 Å². The molecule has 0 heterocycles. The lowest BCUT2D eigenvalue weighted by Gasteiger charge is -2.11. The molecule has 3 heteroatoms. The van der Waals surface area contributed by atoms with Gasteiger partial charge >= 0.3 is 0 Å². The Hall–Kier alpha value is -0.123. The van der Waals surface area contributed by atoms with Gasteiger partial charge in [0, 0.05) is 13.7 Å². The van der Waals surface area contributed by atoms with Crippen LogP contribution in [0.25, 0.3) is 0 Å². The first-order chi connectivity index (χ1) is 6.74. The highest BCUT2D eigenvalue weighted by molar-refractivity contribution is 6.57. The van der Waals surface area contributed by atoms with Crippen molar-refractivity contribution >= 4 is 9.04 Å². The molecule has 0 aromatic heterocycles. The molecule has 0 aromatic rings. The van der Waals surface area contributed by atoms with E-state index < -0.39 is 9.04 Å². The molecule has 0 fully saturated rings. The van der Waals surface area contributed by atoms with E-state index in [1.54, 1.807) is 7.11 Å².